The Morgan fingerprint density at radius 3 is 2.39 bits per heavy atom. The summed E-state index contributed by atoms with van der Waals surface area (Å²) < 4.78 is 5.95. The first-order valence-electron chi connectivity index (χ1n) is 11.8. The Kier molecular flexibility index (Phi) is 9.25. The monoisotopic (exact) mass is 448 g/mol. The van der Waals surface area contributed by atoms with Crippen LogP contribution in [-0.4, -0.2) is 23.3 Å². The van der Waals surface area contributed by atoms with E-state index in [9.17, 15) is 9.90 Å². The second-order valence-electron chi connectivity index (χ2n) is 10.5. The maximum absolute atomic E-state index is 12.2. The van der Waals surface area contributed by atoms with Crippen molar-refractivity contribution in [2.75, 3.05) is 6.61 Å². The van der Waals surface area contributed by atoms with E-state index in [1.807, 2.05) is 69.3 Å². The lowest BCUT2D eigenvalue weighted by molar-refractivity contribution is -0.130. The molecule has 0 saturated heterocycles. The van der Waals surface area contributed by atoms with E-state index in [-0.39, 0.29) is 23.2 Å². The van der Waals surface area contributed by atoms with Gasteiger partial charge in [-0.05, 0) is 76.0 Å². The van der Waals surface area contributed by atoms with Crippen molar-refractivity contribution in [1.82, 2.24) is 0 Å². The van der Waals surface area contributed by atoms with Gasteiger partial charge < -0.3 is 9.84 Å². The fourth-order valence-electron chi connectivity index (χ4n) is 4.15. The number of hydrogen-bond acceptors (Lipinski definition) is 2. The molecule has 0 spiro atoms. The number of rotatable bonds is 8. The number of carboxylic acid groups (broad SMARTS) is 1. The summed E-state index contributed by atoms with van der Waals surface area (Å²) in [5.41, 5.74) is 5.44. The summed E-state index contributed by atoms with van der Waals surface area (Å²) in [6.45, 7) is 15.1. The van der Waals surface area contributed by atoms with Crippen LogP contribution < -0.4 is 0 Å². The van der Waals surface area contributed by atoms with Crippen LogP contribution in [0.2, 0.25) is 0 Å². The molecule has 0 amide bonds. The van der Waals surface area contributed by atoms with E-state index < -0.39 is 5.97 Å². The topological polar surface area (TPSA) is 46.5 Å². The molecule has 1 N–H and O–H groups in total. The molecule has 178 valence electrons. The van der Waals surface area contributed by atoms with Gasteiger partial charge in [0.15, 0.2) is 0 Å². The van der Waals surface area contributed by atoms with Gasteiger partial charge in [-0.1, -0.05) is 85.7 Å². The van der Waals surface area contributed by atoms with Crippen LogP contribution >= 0.6 is 0 Å². The molecule has 3 heteroatoms. The van der Waals surface area contributed by atoms with Crippen molar-refractivity contribution < 1.29 is 14.6 Å². The first-order valence-corrected chi connectivity index (χ1v) is 11.8. The minimum atomic E-state index is -0.958. The highest BCUT2D eigenvalue weighted by Gasteiger charge is 2.26. The predicted molar refractivity (Wildman–Crippen MR) is 139 cm³/mol. The lowest BCUT2D eigenvalue weighted by atomic mass is 9.72. The third-order valence-corrected chi connectivity index (χ3v) is 5.97. The normalized spacial score (nSPS) is 18.2. The largest absolute Gasteiger partial charge is 0.478 e. The van der Waals surface area contributed by atoms with Crippen LogP contribution in [0.3, 0.4) is 0 Å². The molecule has 1 aromatic rings. The molecule has 0 bridgehead atoms. The molecule has 2 rings (SSSR count). The Bertz CT molecular complexity index is 977. The average molecular weight is 449 g/mol. The van der Waals surface area contributed by atoms with Gasteiger partial charge in [0.1, 0.15) is 0 Å². The predicted octanol–water partition coefficient (Wildman–Crippen LogP) is 7.93. The van der Waals surface area contributed by atoms with Crippen LogP contribution in [0.25, 0.3) is 5.57 Å². The van der Waals surface area contributed by atoms with E-state index in [2.05, 4.69) is 39.8 Å². The third kappa shape index (κ3) is 8.33. The smallest absolute Gasteiger partial charge is 0.336 e. The van der Waals surface area contributed by atoms with Crippen molar-refractivity contribution in [3.8, 4) is 0 Å². The number of aliphatic carboxylic acids is 1. The van der Waals surface area contributed by atoms with E-state index >= 15 is 0 Å². The van der Waals surface area contributed by atoms with E-state index in [0.717, 1.165) is 5.57 Å². The fraction of sp³-hybridized carbons (Fsp3) is 0.433. The fourth-order valence-corrected chi connectivity index (χ4v) is 4.15. The molecule has 3 nitrogen and oxygen atoms in total. The zero-order valence-electron chi connectivity index (χ0n) is 21.4. The number of ether oxygens (including phenoxy) is 1. The van der Waals surface area contributed by atoms with Gasteiger partial charge in [0, 0.05) is 0 Å². The van der Waals surface area contributed by atoms with Gasteiger partial charge in [0.25, 0.3) is 0 Å². The minimum Gasteiger partial charge on any atom is -0.478 e. The lowest BCUT2D eigenvalue weighted by Gasteiger charge is -2.32. The highest BCUT2D eigenvalue weighted by Crippen LogP contribution is 2.40. The van der Waals surface area contributed by atoms with E-state index in [4.69, 9.17) is 4.74 Å². The van der Waals surface area contributed by atoms with E-state index in [1.54, 1.807) is 0 Å². The molecule has 1 aromatic carbocycles. The molecule has 33 heavy (non-hydrogen) atoms. The lowest BCUT2D eigenvalue weighted by Crippen LogP contribution is -2.21. The van der Waals surface area contributed by atoms with Crippen molar-refractivity contribution in [3.63, 3.8) is 0 Å². The summed E-state index contributed by atoms with van der Waals surface area (Å²) in [6.07, 6.45) is 13.8. The summed E-state index contributed by atoms with van der Waals surface area (Å²) in [6, 6.07) is 9.22. The molecule has 0 unspecified atom stereocenters. The first kappa shape index (κ1) is 26.6. The van der Waals surface area contributed by atoms with Crippen LogP contribution in [0, 0.1) is 5.41 Å². The number of allylic oxidation sites excluding steroid dienone is 7. The Labute approximate surface area is 200 Å². The Morgan fingerprint density at radius 2 is 1.82 bits per heavy atom. The quantitative estimate of drug-likeness (QED) is 0.324. The minimum absolute atomic E-state index is 0.210. The van der Waals surface area contributed by atoms with Gasteiger partial charge in [-0.2, -0.15) is 0 Å². The number of benzene rings is 1. The molecule has 0 heterocycles. The Balaban J connectivity index is 2.34. The standard InChI is InChI=1S/C30H40O3/c1-22(18-19-26-23(2)14-12-20-30(26,6)7)13-11-17-25(21-33-29(3,4)5)27(28(31)32)24-15-9-8-10-16-24/h8-11,13,15-19H,12,14,20-21H2,1-7H3,(H,31,32). The Hall–Kier alpha value is -2.65. The molecular weight excluding hydrogens is 408 g/mol. The van der Waals surface area contributed by atoms with Crippen LogP contribution in [0.5, 0.6) is 0 Å². The highest BCUT2D eigenvalue weighted by atomic mass is 16.5. The van der Waals surface area contributed by atoms with Gasteiger partial charge in [-0.3, -0.25) is 0 Å². The summed E-state index contributed by atoms with van der Waals surface area (Å²) in [4.78, 5) is 12.2. The van der Waals surface area contributed by atoms with Crippen molar-refractivity contribution in [1.29, 1.82) is 0 Å². The second-order valence-corrected chi connectivity index (χ2v) is 10.5. The van der Waals surface area contributed by atoms with Crippen LogP contribution in [0.1, 0.15) is 73.3 Å². The van der Waals surface area contributed by atoms with E-state index in [0.29, 0.717) is 11.1 Å². The van der Waals surface area contributed by atoms with Crippen molar-refractivity contribution in [2.24, 2.45) is 5.41 Å². The number of carboxylic acids is 1. The van der Waals surface area contributed by atoms with Gasteiger partial charge in [-0.15, -0.1) is 0 Å². The molecule has 1 aliphatic rings. The second kappa shape index (κ2) is 11.5. The number of hydrogen-bond donors (Lipinski definition) is 1. The molecule has 0 saturated carbocycles. The van der Waals surface area contributed by atoms with E-state index in [1.165, 1.54) is 30.4 Å². The average Bonchev–Trinajstić information content (AvgIpc) is 2.71. The summed E-state index contributed by atoms with van der Waals surface area (Å²) >= 11 is 0. The van der Waals surface area contributed by atoms with Crippen LogP contribution in [-0.2, 0) is 9.53 Å². The first-order chi connectivity index (χ1) is 15.4. The maximum atomic E-state index is 12.2. The number of carbonyl (C=O) groups is 1. The molecule has 0 aliphatic heterocycles. The highest BCUT2D eigenvalue weighted by molar-refractivity contribution is 6.17. The zero-order chi connectivity index (χ0) is 24.6. The maximum Gasteiger partial charge on any atom is 0.336 e. The summed E-state index contributed by atoms with van der Waals surface area (Å²) in [7, 11) is 0. The zero-order valence-corrected chi connectivity index (χ0v) is 21.4. The van der Waals surface area contributed by atoms with Crippen molar-refractivity contribution >= 4 is 11.5 Å². The Morgan fingerprint density at radius 1 is 1.15 bits per heavy atom. The van der Waals surface area contributed by atoms with Crippen LogP contribution in [0.4, 0.5) is 0 Å². The molecule has 0 fully saturated rings. The molecule has 0 aromatic heterocycles. The van der Waals surface area contributed by atoms with Gasteiger partial charge >= 0.3 is 5.97 Å². The summed E-state index contributed by atoms with van der Waals surface area (Å²) in [5.74, 6) is -0.958. The van der Waals surface area contributed by atoms with Gasteiger partial charge in [0.05, 0.1) is 17.8 Å². The van der Waals surface area contributed by atoms with Gasteiger partial charge in [0.2, 0.25) is 0 Å². The van der Waals surface area contributed by atoms with Crippen molar-refractivity contribution in [3.05, 3.63) is 88.6 Å². The molecule has 1 aliphatic carbocycles. The van der Waals surface area contributed by atoms with Crippen molar-refractivity contribution in [2.45, 2.75) is 73.3 Å². The molecule has 0 radical (unpaired) electrons. The van der Waals surface area contributed by atoms with Gasteiger partial charge in [-0.25, -0.2) is 4.79 Å². The molecule has 0 atom stereocenters. The summed E-state index contributed by atoms with van der Waals surface area (Å²) in [5, 5.41) is 9.96. The third-order valence-electron chi connectivity index (χ3n) is 5.97. The van der Waals surface area contributed by atoms with Crippen LogP contribution in [0.15, 0.2) is 83.0 Å². The SMILES string of the molecule is CC(C=CC1=C(C)CCCC1(C)C)=CC=CC(COC(C)(C)C)=C(C(=O)O)c1ccccc1. The molecular formula is C30H40O3.